The normalized spacial score (nSPS) is 14.3. The Morgan fingerprint density at radius 2 is 1.76 bits per heavy atom. The smallest absolute Gasteiger partial charge is 0.227 e. The van der Waals surface area contributed by atoms with Gasteiger partial charge >= 0.3 is 0 Å². The van der Waals surface area contributed by atoms with Crippen molar-refractivity contribution in [1.82, 2.24) is 4.90 Å². The predicted octanol–water partition coefficient (Wildman–Crippen LogP) is 3.54. The third-order valence-corrected chi connectivity index (χ3v) is 5.08. The molecule has 1 fully saturated rings. The summed E-state index contributed by atoms with van der Waals surface area (Å²) < 4.78 is 5.58. The number of amides is 2. The molecule has 0 aliphatic carbocycles. The van der Waals surface area contributed by atoms with Crippen LogP contribution in [0, 0.1) is 5.92 Å². The third kappa shape index (κ3) is 5.91. The Morgan fingerprint density at radius 3 is 2.45 bits per heavy atom. The van der Waals surface area contributed by atoms with Gasteiger partial charge in [-0.05, 0) is 44.0 Å². The maximum atomic E-state index is 12.5. The molecule has 2 amide bonds. The molecular formula is C23H26N2O4. The summed E-state index contributed by atoms with van der Waals surface area (Å²) in [6.07, 6.45) is 1.58. The molecule has 6 heteroatoms. The summed E-state index contributed by atoms with van der Waals surface area (Å²) >= 11 is 0. The van der Waals surface area contributed by atoms with E-state index >= 15 is 0 Å². The summed E-state index contributed by atoms with van der Waals surface area (Å²) in [5, 5.41) is 2.89. The largest absolute Gasteiger partial charge is 0.493 e. The summed E-state index contributed by atoms with van der Waals surface area (Å²) in [6, 6.07) is 16.4. The fourth-order valence-electron chi connectivity index (χ4n) is 3.38. The molecule has 2 aromatic rings. The van der Waals surface area contributed by atoms with Crippen LogP contribution in [0.4, 0.5) is 5.69 Å². The monoisotopic (exact) mass is 394 g/mol. The molecule has 1 saturated heterocycles. The first kappa shape index (κ1) is 20.6. The standard InChI is InChI=1S/C23H26N2O4/c1-17(26)19-6-5-7-20(16-19)24-23(28)18-10-13-25(14-11-18)22(27)12-15-29-21-8-3-2-4-9-21/h2-9,16,18H,10-15H2,1H3,(H,24,28). The Balaban J connectivity index is 1.42. The van der Waals surface area contributed by atoms with E-state index in [1.54, 1.807) is 29.2 Å². The highest BCUT2D eigenvalue weighted by atomic mass is 16.5. The van der Waals surface area contributed by atoms with Crippen molar-refractivity contribution in [1.29, 1.82) is 0 Å². The minimum atomic E-state index is -0.138. The van der Waals surface area contributed by atoms with Gasteiger partial charge in [-0.2, -0.15) is 0 Å². The van der Waals surface area contributed by atoms with Crippen LogP contribution in [0.15, 0.2) is 54.6 Å². The number of piperidine rings is 1. The van der Waals surface area contributed by atoms with Gasteiger partial charge in [0.2, 0.25) is 11.8 Å². The van der Waals surface area contributed by atoms with Crippen LogP contribution in [-0.4, -0.2) is 42.2 Å². The summed E-state index contributed by atoms with van der Waals surface area (Å²) in [5.41, 5.74) is 1.19. The van der Waals surface area contributed by atoms with Gasteiger partial charge in [0.1, 0.15) is 5.75 Å². The molecule has 0 aromatic heterocycles. The Bertz CT molecular complexity index is 858. The number of nitrogens with one attached hydrogen (secondary N) is 1. The number of ether oxygens (including phenoxy) is 1. The number of carbonyl (C=O) groups is 3. The van der Waals surface area contributed by atoms with Crippen molar-refractivity contribution in [3.05, 3.63) is 60.2 Å². The van der Waals surface area contributed by atoms with Crippen LogP contribution in [0.3, 0.4) is 0 Å². The minimum absolute atomic E-state index is 0.0378. The van der Waals surface area contributed by atoms with Gasteiger partial charge in [-0.3, -0.25) is 14.4 Å². The molecule has 0 atom stereocenters. The van der Waals surface area contributed by atoms with Gasteiger partial charge in [0.05, 0.1) is 13.0 Å². The van der Waals surface area contributed by atoms with E-state index in [0.717, 1.165) is 5.75 Å². The molecule has 152 valence electrons. The Morgan fingerprint density at radius 1 is 1.03 bits per heavy atom. The number of anilines is 1. The highest BCUT2D eigenvalue weighted by molar-refractivity contribution is 5.97. The van der Waals surface area contributed by atoms with Crippen molar-refractivity contribution in [2.75, 3.05) is 25.0 Å². The van der Waals surface area contributed by atoms with Crippen molar-refractivity contribution in [3.63, 3.8) is 0 Å². The van der Waals surface area contributed by atoms with Crippen LogP contribution >= 0.6 is 0 Å². The van der Waals surface area contributed by atoms with Crippen LogP contribution in [0.1, 0.15) is 36.5 Å². The number of Topliss-reactive ketones (excluding diaryl/α,β-unsaturated/α-hetero) is 1. The van der Waals surface area contributed by atoms with Gasteiger partial charge in [-0.15, -0.1) is 0 Å². The number of likely N-dealkylation sites (tertiary alicyclic amines) is 1. The second kappa shape index (κ2) is 9.87. The molecule has 1 N–H and O–H groups in total. The maximum absolute atomic E-state index is 12.5. The van der Waals surface area contributed by atoms with Gasteiger partial charge in [0.15, 0.2) is 5.78 Å². The van der Waals surface area contributed by atoms with E-state index in [1.165, 1.54) is 6.92 Å². The molecule has 29 heavy (non-hydrogen) atoms. The topological polar surface area (TPSA) is 75.7 Å². The molecule has 1 heterocycles. The molecule has 0 saturated carbocycles. The van der Waals surface area contributed by atoms with Crippen molar-refractivity contribution in [2.45, 2.75) is 26.2 Å². The molecule has 0 radical (unpaired) electrons. The number of hydrogen-bond acceptors (Lipinski definition) is 4. The van der Waals surface area contributed by atoms with E-state index in [-0.39, 0.29) is 23.5 Å². The van der Waals surface area contributed by atoms with Gasteiger partial charge in [0, 0.05) is 30.3 Å². The summed E-state index contributed by atoms with van der Waals surface area (Å²) in [7, 11) is 0. The fraction of sp³-hybridized carbons (Fsp3) is 0.348. The molecule has 2 aromatic carbocycles. The zero-order valence-corrected chi connectivity index (χ0v) is 16.6. The number of para-hydroxylation sites is 1. The Labute approximate surface area is 170 Å². The number of hydrogen-bond donors (Lipinski definition) is 1. The summed E-state index contributed by atoms with van der Waals surface area (Å²) in [4.78, 5) is 38.2. The quantitative estimate of drug-likeness (QED) is 0.729. The van der Waals surface area contributed by atoms with Crippen molar-refractivity contribution in [3.8, 4) is 5.75 Å². The highest BCUT2D eigenvalue weighted by Gasteiger charge is 2.27. The molecule has 0 bridgehead atoms. The predicted molar refractivity (Wildman–Crippen MR) is 111 cm³/mol. The van der Waals surface area contributed by atoms with Crippen molar-refractivity contribution >= 4 is 23.3 Å². The van der Waals surface area contributed by atoms with Crippen LogP contribution in [-0.2, 0) is 9.59 Å². The Hall–Kier alpha value is -3.15. The molecule has 0 spiro atoms. The van der Waals surface area contributed by atoms with Crippen molar-refractivity contribution < 1.29 is 19.1 Å². The van der Waals surface area contributed by atoms with Crippen LogP contribution < -0.4 is 10.1 Å². The first-order valence-electron chi connectivity index (χ1n) is 9.90. The molecule has 6 nitrogen and oxygen atoms in total. The van der Waals surface area contributed by atoms with Gasteiger partial charge in [-0.25, -0.2) is 0 Å². The van der Waals surface area contributed by atoms with Gasteiger partial charge in [0.25, 0.3) is 0 Å². The van der Waals surface area contributed by atoms with E-state index in [0.29, 0.717) is 50.2 Å². The number of benzene rings is 2. The number of nitrogens with zero attached hydrogens (tertiary/aromatic N) is 1. The number of ketones is 1. The van der Waals surface area contributed by atoms with Crippen LogP contribution in [0.25, 0.3) is 0 Å². The maximum Gasteiger partial charge on any atom is 0.227 e. The van der Waals surface area contributed by atoms with Crippen molar-refractivity contribution in [2.24, 2.45) is 5.92 Å². The zero-order valence-electron chi connectivity index (χ0n) is 16.6. The molecule has 3 rings (SSSR count). The third-order valence-electron chi connectivity index (χ3n) is 5.08. The lowest BCUT2D eigenvalue weighted by molar-refractivity contribution is -0.135. The number of rotatable bonds is 7. The first-order chi connectivity index (χ1) is 14.0. The van der Waals surface area contributed by atoms with E-state index in [9.17, 15) is 14.4 Å². The zero-order chi connectivity index (χ0) is 20.6. The van der Waals surface area contributed by atoms with Gasteiger partial charge < -0.3 is 15.0 Å². The highest BCUT2D eigenvalue weighted by Crippen LogP contribution is 2.21. The van der Waals surface area contributed by atoms with Crippen LogP contribution in [0.5, 0.6) is 5.75 Å². The first-order valence-corrected chi connectivity index (χ1v) is 9.90. The fourth-order valence-corrected chi connectivity index (χ4v) is 3.38. The average Bonchev–Trinajstić information content (AvgIpc) is 2.74. The van der Waals surface area contributed by atoms with Crippen LogP contribution in [0.2, 0.25) is 0 Å². The lowest BCUT2D eigenvalue weighted by Gasteiger charge is -2.31. The van der Waals surface area contributed by atoms with E-state index in [2.05, 4.69) is 5.32 Å². The summed E-state index contributed by atoms with van der Waals surface area (Å²) in [5.74, 6) is 0.563. The minimum Gasteiger partial charge on any atom is -0.493 e. The SMILES string of the molecule is CC(=O)c1cccc(NC(=O)C2CCN(C(=O)CCOc3ccccc3)CC2)c1. The molecular weight excluding hydrogens is 368 g/mol. The second-order valence-corrected chi connectivity index (χ2v) is 7.19. The second-order valence-electron chi connectivity index (χ2n) is 7.19. The van der Waals surface area contributed by atoms with Gasteiger partial charge in [-0.1, -0.05) is 30.3 Å². The summed E-state index contributed by atoms with van der Waals surface area (Å²) in [6.45, 7) is 2.97. The van der Waals surface area contributed by atoms with E-state index in [1.807, 2.05) is 30.3 Å². The molecule has 1 aliphatic heterocycles. The lowest BCUT2D eigenvalue weighted by atomic mass is 9.95. The van der Waals surface area contributed by atoms with E-state index < -0.39 is 0 Å². The Kier molecular flexibility index (Phi) is 7.00. The lowest BCUT2D eigenvalue weighted by Crippen LogP contribution is -2.41. The molecule has 1 aliphatic rings. The molecule has 0 unspecified atom stereocenters. The van der Waals surface area contributed by atoms with E-state index in [4.69, 9.17) is 4.74 Å². The number of carbonyl (C=O) groups excluding carboxylic acids is 3. The average molecular weight is 394 g/mol.